The summed E-state index contributed by atoms with van der Waals surface area (Å²) in [6.07, 6.45) is 4.68. The number of amides is 2. The smallest absolute Gasteiger partial charge is 0.348 e. The van der Waals surface area contributed by atoms with E-state index in [1.165, 1.54) is 12.1 Å². The van der Waals surface area contributed by atoms with Crippen molar-refractivity contribution >= 4 is 45.2 Å². The highest BCUT2D eigenvalue weighted by atomic mass is 32.1. The zero-order valence-electron chi connectivity index (χ0n) is 17.5. The molecule has 2 aromatic rings. The number of esters is 2. The van der Waals surface area contributed by atoms with Crippen molar-refractivity contribution in [1.82, 2.24) is 4.90 Å². The second-order valence-electron chi connectivity index (χ2n) is 7.64. The first-order chi connectivity index (χ1) is 15.4. The van der Waals surface area contributed by atoms with Crippen LogP contribution in [-0.4, -0.2) is 41.8 Å². The maximum atomic E-state index is 14.4. The van der Waals surface area contributed by atoms with Crippen molar-refractivity contribution in [2.24, 2.45) is 11.8 Å². The van der Waals surface area contributed by atoms with Gasteiger partial charge in [-0.1, -0.05) is 18.2 Å². The fourth-order valence-electron chi connectivity index (χ4n) is 4.18. The third kappa shape index (κ3) is 4.04. The van der Waals surface area contributed by atoms with Crippen molar-refractivity contribution in [3.63, 3.8) is 0 Å². The maximum absolute atomic E-state index is 14.4. The number of rotatable bonds is 7. The highest BCUT2D eigenvalue weighted by Gasteiger charge is 2.46. The van der Waals surface area contributed by atoms with E-state index >= 15 is 0 Å². The first kappa shape index (κ1) is 22.1. The van der Waals surface area contributed by atoms with Gasteiger partial charge in [-0.15, -0.1) is 11.3 Å². The molecule has 32 heavy (non-hydrogen) atoms. The topological polar surface area (TPSA) is 90.0 Å². The molecule has 0 unspecified atom stereocenters. The van der Waals surface area contributed by atoms with Crippen molar-refractivity contribution in [2.75, 3.05) is 13.2 Å². The Morgan fingerprint density at radius 3 is 2.47 bits per heavy atom. The van der Waals surface area contributed by atoms with Crippen LogP contribution in [-0.2, 0) is 30.5 Å². The van der Waals surface area contributed by atoms with Crippen LogP contribution in [0.15, 0.2) is 30.4 Å². The Morgan fingerprint density at radius 2 is 1.81 bits per heavy atom. The van der Waals surface area contributed by atoms with Gasteiger partial charge in [-0.05, 0) is 31.9 Å². The Hall–Kier alpha value is -3.07. The molecule has 2 amide bonds. The number of hydrogen-bond donors (Lipinski definition) is 0. The summed E-state index contributed by atoms with van der Waals surface area (Å²) in [5.41, 5.74) is 0.250. The second kappa shape index (κ2) is 9.20. The minimum absolute atomic E-state index is 0.0625. The van der Waals surface area contributed by atoms with E-state index in [-0.39, 0.29) is 65.7 Å². The first-order valence-corrected chi connectivity index (χ1v) is 11.3. The van der Waals surface area contributed by atoms with E-state index in [4.69, 9.17) is 9.47 Å². The normalized spacial score (nSPS) is 20.0. The molecular formula is C23H22FNO6S. The minimum atomic E-state index is -0.649. The number of ether oxygens (including phenoxy) is 2. The molecule has 0 N–H and O–H groups in total. The summed E-state index contributed by atoms with van der Waals surface area (Å²) in [7, 11) is 0. The molecule has 1 aromatic carbocycles. The van der Waals surface area contributed by atoms with Crippen LogP contribution >= 0.6 is 11.3 Å². The number of imide groups is 1. The van der Waals surface area contributed by atoms with Gasteiger partial charge < -0.3 is 9.47 Å². The summed E-state index contributed by atoms with van der Waals surface area (Å²) in [6.45, 7) is 1.45. The van der Waals surface area contributed by atoms with Gasteiger partial charge in [0.15, 0.2) is 0 Å². The summed E-state index contributed by atoms with van der Waals surface area (Å²) in [5, 5.41) is 0.217. The lowest BCUT2D eigenvalue weighted by Gasteiger charge is -2.14. The Balaban J connectivity index is 1.43. The maximum Gasteiger partial charge on any atom is 0.348 e. The molecular weight excluding hydrogens is 437 g/mol. The van der Waals surface area contributed by atoms with Gasteiger partial charge in [0.05, 0.1) is 24.9 Å². The fourth-order valence-corrected chi connectivity index (χ4v) is 5.30. The van der Waals surface area contributed by atoms with Crippen LogP contribution in [0.1, 0.15) is 41.4 Å². The van der Waals surface area contributed by atoms with E-state index in [0.29, 0.717) is 17.5 Å². The van der Waals surface area contributed by atoms with Crippen LogP contribution in [0, 0.1) is 17.7 Å². The second-order valence-corrected chi connectivity index (χ2v) is 8.69. The van der Waals surface area contributed by atoms with Gasteiger partial charge in [0.2, 0.25) is 11.8 Å². The van der Waals surface area contributed by atoms with Crippen molar-refractivity contribution in [1.29, 1.82) is 0 Å². The average Bonchev–Trinajstić information content (AvgIpc) is 3.28. The van der Waals surface area contributed by atoms with Crippen LogP contribution in [0.5, 0.6) is 0 Å². The molecule has 0 spiro atoms. The lowest BCUT2D eigenvalue weighted by atomic mass is 9.85. The first-order valence-electron chi connectivity index (χ1n) is 10.4. The largest absolute Gasteiger partial charge is 0.462 e. The lowest BCUT2D eigenvalue weighted by Crippen LogP contribution is -2.33. The van der Waals surface area contributed by atoms with Crippen LogP contribution in [0.2, 0.25) is 0 Å². The van der Waals surface area contributed by atoms with Gasteiger partial charge in [0.1, 0.15) is 17.3 Å². The molecule has 4 rings (SSSR count). The predicted octanol–water partition coefficient (Wildman–Crippen LogP) is 3.60. The molecule has 1 saturated heterocycles. The molecule has 1 aliphatic carbocycles. The number of fused-ring (bicyclic) bond motifs is 2. The average molecular weight is 459 g/mol. The summed E-state index contributed by atoms with van der Waals surface area (Å²) in [6, 6.07) is 4.49. The minimum Gasteiger partial charge on any atom is -0.462 e. The molecule has 2 atom stereocenters. The SMILES string of the molecule is CCOC(=O)c1sc2cccc(F)c2c1COC(=O)CCN1C(=O)[C@H]2CC=CC[C@@H]2C1=O. The van der Waals surface area contributed by atoms with E-state index < -0.39 is 17.8 Å². The van der Waals surface area contributed by atoms with Crippen molar-refractivity contribution in [3.05, 3.63) is 46.6 Å². The molecule has 2 heterocycles. The lowest BCUT2D eigenvalue weighted by molar-refractivity contribution is -0.146. The van der Waals surface area contributed by atoms with Crippen LogP contribution in [0.3, 0.4) is 0 Å². The van der Waals surface area contributed by atoms with Gasteiger partial charge in [-0.3, -0.25) is 19.3 Å². The van der Waals surface area contributed by atoms with Crippen molar-refractivity contribution in [3.8, 4) is 0 Å². The number of carbonyl (C=O) groups is 4. The number of likely N-dealkylation sites (tertiary alicyclic amines) is 1. The molecule has 0 bridgehead atoms. The molecule has 1 aliphatic heterocycles. The zero-order chi connectivity index (χ0) is 22.8. The Morgan fingerprint density at radius 1 is 1.12 bits per heavy atom. The van der Waals surface area contributed by atoms with Crippen LogP contribution in [0.4, 0.5) is 4.39 Å². The van der Waals surface area contributed by atoms with E-state index in [0.717, 1.165) is 16.2 Å². The highest BCUT2D eigenvalue weighted by molar-refractivity contribution is 7.21. The van der Waals surface area contributed by atoms with Crippen LogP contribution < -0.4 is 0 Å². The molecule has 7 nitrogen and oxygen atoms in total. The summed E-state index contributed by atoms with van der Waals surface area (Å²) in [4.78, 5) is 51.0. The summed E-state index contributed by atoms with van der Waals surface area (Å²) in [5.74, 6) is -3.00. The Bertz CT molecular complexity index is 1100. The summed E-state index contributed by atoms with van der Waals surface area (Å²) >= 11 is 1.07. The van der Waals surface area contributed by atoms with Gasteiger partial charge in [-0.2, -0.15) is 0 Å². The Kier molecular flexibility index (Phi) is 6.36. The van der Waals surface area contributed by atoms with Crippen LogP contribution in [0.25, 0.3) is 10.1 Å². The van der Waals surface area contributed by atoms with Gasteiger partial charge in [0.25, 0.3) is 0 Å². The fraction of sp³-hybridized carbons (Fsp3) is 0.391. The zero-order valence-corrected chi connectivity index (χ0v) is 18.3. The molecule has 9 heteroatoms. The van der Waals surface area contributed by atoms with E-state index in [1.54, 1.807) is 13.0 Å². The number of benzene rings is 1. The standard InChI is InChI=1S/C23H22FNO6S/c1-2-30-23(29)20-15(19-16(24)8-5-9-17(19)32-20)12-31-18(26)10-11-25-21(27)13-6-3-4-7-14(13)22(25)28/h3-5,8-9,13-14H,2,6-7,10-12H2,1H3/t13-,14-/m0/s1. The van der Waals surface area contributed by atoms with Crippen molar-refractivity contribution < 1.29 is 33.0 Å². The molecule has 1 aromatic heterocycles. The third-order valence-corrected chi connectivity index (χ3v) is 6.92. The van der Waals surface area contributed by atoms with E-state index in [1.807, 2.05) is 12.2 Å². The number of halogens is 1. The number of carbonyl (C=O) groups excluding carboxylic acids is 4. The summed E-state index contributed by atoms with van der Waals surface area (Å²) < 4.78 is 25.3. The monoisotopic (exact) mass is 459 g/mol. The number of hydrogen-bond acceptors (Lipinski definition) is 7. The van der Waals surface area contributed by atoms with Gasteiger partial charge in [-0.25, -0.2) is 9.18 Å². The van der Waals surface area contributed by atoms with Gasteiger partial charge in [0, 0.05) is 22.2 Å². The predicted molar refractivity (Wildman–Crippen MR) is 114 cm³/mol. The number of allylic oxidation sites excluding steroid dienone is 2. The number of thiophene rings is 1. The number of nitrogens with zero attached hydrogens (tertiary/aromatic N) is 1. The highest BCUT2D eigenvalue weighted by Crippen LogP contribution is 2.36. The Labute approximate surface area is 187 Å². The third-order valence-electron chi connectivity index (χ3n) is 5.74. The van der Waals surface area contributed by atoms with Crippen molar-refractivity contribution in [2.45, 2.75) is 32.8 Å². The van der Waals surface area contributed by atoms with Gasteiger partial charge >= 0.3 is 11.9 Å². The molecule has 1 fully saturated rings. The molecule has 168 valence electrons. The molecule has 0 saturated carbocycles. The molecule has 2 aliphatic rings. The quantitative estimate of drug-likeness (QED) is 0.357. The van der Waals surface area contributed by atoms with E-state index in [2.05, 4.69) is 0 Å². The van der Waals surface area contributed by atoms with E-state index in [9.17, 15) is 23.6 Å². The molecule has 0 radical (unpaired) electrons.